The molecule has 8 heteroatoms. The summed E-state index contributed by atoms with van der Waals surface area (Å²) >= 11 is 1.12. The Morgan fingerprint density at radius 1 is 1.25 bits per heavy atom. The normalized spacial score (nSPS) is 20.8. The zero-order valence-electron chi connectivity index (χ0n) is 17.1. The smallest absolute Gasteiger partial charge is 0.270 e. The van der Waals surface area contributed by atoms with Gasteiger partial charge in [-0.2, -0.15) is 5.01 Å². The van der Waals surface area contributed by atoms with Crippen molar-refractivity contribution >= 4 is 40.3 Å². The number of benzene rings is 1. The highest BCUT2D eigenvalue weighted by Gasteiger charge is 2.61. The summed E-state index contributed by atoms with van der Waals surface area (Å²) in [5, 5.41) is 8.40. The van der Waals surface area contributed by atoms with Crippen molar-refractivity contribution in [2.24, 2.45) is 11.0 Å². The summed E-state index contributed by atoms with van der Waals surface area (Å²) < 4.78 is 0. The molecule has 0 aromatic heterocycles. The summed E-state index contributed by atoms with van der Waals surface area (Å²) in [6, 6.07) is 3.99. The van der Waals surface area contributed by atoms with Crippen molar-refractivity contribution in [2.75, 3.05) is 11.4 Å². The fourth-order valence-electron chi connectivity index (χ4n) is 3.74. The number of rotatable bonds is 3. The van der Waals surface area contributed by atoms with Gasteiger partial charge in [0.05, 0.1) is 5.69 Å². The fraction of sp³-hybridized carbons (Fsp3) is 0.500. The Balaban J connectivity index is 2.17. The van der Waals surface area contributed by atoms with Crippen molar-refractivity contribution in [3.63, 3.8) is 0 Å². The van der Waals surface area contributed by atoms with Crippen LogP contribution in [0.2, 0.25) is 0 Å². The molecule has 2 aliphatic rings. The van der Waals surface area contributed by atoms with Crippen LogP contribution in [0.15, 0.2) is 17.2 Å². The molecule has 1 N–H and O–H groups in total. The summed E-state index contributed by atoms with van der Waals surface area (Å²) in [4.78, 5) is 38.2. The van der Waals surface area contributed by atoms with E-state index in [1.54, 1.807) is 4.90 Å². The second kappa shape index (κ2) is 7.24. The Kier molecular flexibility index (Phi) is 5.27. The zero-order valence-corrected chi connectivity index (χ0v) is 17.9. The lowest BCUT2D eigenvalue weighted by atomic mass is 10.0. The van der Waals surface area contributed by atoms with Crippen molar-refractivity contribution < 1.29 is 14.4 Å². The Morgan fingerprint density at radius 2 is 1.93 bits per heavy atom. The third-order valence-electron chi connectivity index (χ3n) is 4.86. The van der Waals surface area contributed by atoms with E-state index in [-0.39, 0.29) is 22.9 Å². The van der Waals surface area contributed by atoms with E-state index < -0.39 is 4.87 Å². The first-order valence-electron chi connectivity index (χ1n) is 9.37. The van der Waals surface area contributed by atoms with Gasteiger partial charge in [0.1, 0.15) is 0 Å². The second-order valence-electron chi connectivity index (χ2n) is 7.78. The van der Waals surface area contributed by atoms with Crippen molar-refractivity contribution in [1.82, 2.24) is 10.3 Å². The largest absolute Gasteiger partial charge is 0.309 e. The topological polar surface area (TPSA) is 82.1 Å². The molecule has 0 unspecified atom stereocenters. The summed E-state index contributed by atoms with van der Waals surface area (Å²) in [6.07, 6.45) is 0.846. The van der Waals surface area contributed by atoms with Crippen molar-refractivity contribution in [3.8, 4) is 0 Å². The van der Waals surface area contributed by atoms with Gasteiger partial charge in [-0.15, -0.1) is 5.10 Å². The van der Waals surface area contributed by atoms with Crippen LogP contribution in [0.5, 0.6) is 0 Å². The van der Waals surface area contributed by atoms with Gasteiger partial charge >= 0.3 is 0 Å². The molecule has 7 nitrogen and oxygen atoms in total. The van der Waals surface area contributed by atoms with Crippen LogP contribution >= 0.6 is 11.8 Å². The number of nitrogens with one attached hydrogen (secondary N) is 1. The minimum Gasteiger partial charge on any atom is -0.309 e. The van der Waals surface area contributed by atoms with Crippen LogP contribution in [0.1, 0.15) is 50.8 Å². The molecule has 1 aromatic rings. The number of fused-ring (bicyclic) bond motifs is 2. The predicted octanol–water partition coefficient (Wildman–Crippen LogP) is 2.85. The van der Waals surface area contributed by atoms with E-state index in [4.69, 9.17) is 0 Å². The van der Waals surface area contributed by atoms with Gasteiger partial charge in [0, 0.05) is 26.0 Å². The molecule has 0 radical (unpaired) electrons. The minimum atomic E-state index is -1.31. The molecule has 0 aliphatic carbocycles. The standard InChI is InChI=1S/C20H26N4O3S/c1-11(2)7-8-23-17-13(4)9-12(3)10-16(17)20(18(23)27)24(15(6)26)22-19(28-20)21-14(5)25/h9-11H,7-8H2,1-6H3,(H,21,22,25)/t20-/m1/s1. The minimum absolute atomic E-state index is 0.193. The highest BCUT2D eigenvalue weighted by Crippen LogP contribution is 2.55. The first-order chi connectivity index (χ1) is 13.1. The van der Waals surface area contributed by atoms with Gasteiger partial charge in [0.15, 0.2) is 5.17 Å². The molecule has 28 heavy (non-hydrogen) atoms. The Morgan fingerprint density at radius 3 is 2.50 bits per heavy atom. The zero-order chi connectivity index (χ0) is 20.8. The number of hydrogen-bond acceptors (Lipinski definition) is 5. The third-order valence-corrected chi connectivity index (χ3v) is 6.10. The molecule has 2 heterocycles. The maximum absolute atomic E-state index is 13.7. The predicted molar refractivity (Wildman–Crippen MR) is 111 cm³/mol. The summed E-state index contributed by atoms with van der Waals surface area (Å²) in [5.74, 6) is -0.405. The van der Waals surface area contributed by atoms with E-state index in [1.165, 1.54) is 18.9 Å². The average Bonchev–Trinajstić information content (AvgIpc) is 3.04. The first kappa shape index (κ1) is 20.4. The SMILES string of the molecule is CC(=O)NC1=NN(C(C)=O)[C@]2(S1)C(=O)N(CCC(C)C)c1c(C)cc(C)cc12. The number of aryl methyl sites for hydroxylation is 2. The van der Waals surface area contributed by atoms with E-state index >= 15 is 0 Å². The molecule has 2 aliphatic heterocycles. The van der Waals surface area contributed by atoms with E-state index in [9.17, 15) is 14.4 Å². The van der Waals surface area contributed by atoms with Gasteiger partial charge in [-0.05, 0) is 43.5 Å². The molecule has 150 valence electrons. The molecule has 1 spiro atoms. The average molecular weight is 403 g/mol. The number of amidine groups is 1. The van der Waals surface area contributed by atoms with Crippen molar-refractivity contribution in [3.05, 3.63) is 28.8 Å². The van der Waals surface area contributed by atoms with Crippen molar-refractivity contribution in [2.45, 2.75) is 52.8 Å². The molecule has 0 bridgehead atoms. The lowest BCUT2D eigenvalue weighted by molar-refractivity contribution is -0.139. The summed E-state index contributed by atoms with van der Waals surface area (Å²) in [5.41, 5.74) is 3.59. The monoisotopic (exact) mass is 402 g/mol. The van der Waals surface area contributed by atoms with Gasteiger partial charge in [-0.3, -0.25) is 14.4 Å². The lowest BCUT2D eigenvalue weighted by Gasteiger charge is -2.29. The second-order valence-corrected chi connectivity index (χ2v) is 8.96. The van der Waals surface area contributed by atoms with E-state index in [1.807, 2.05) is 26.0 Å². The molecular weight excluding hydrogens is 376 g/mol. The third kappa shape index (κ3) is 3.19. The van der Waals surface area contributed by atoms with Crippen LogP contribution in [0.25, 0.3) is 0 Å². The molecule has 0 saturated carbocycles. The number of hydrogen-bond donors (Lipinski definition) is 1. The van der Waals surface area contributed by atoms with Gasteiger partial charge in [-0.1, -0.05) is 31.5 Å². The number of carbonyl (C=O) groups is 3. The quantitative estimate of drug-likeness (QED) is 0.843. The van der Waals surface area contributed by atoms with Crippen LogP contribution in [-0.2, 0) is 19.3 Å². The number of thioether (sulfide) groups is 1. The lowest BCUT2D eigenvalue weighted by Crippen LogP contribution is -2.48. The Hall–Kier alpha value is -2.35. The van der Waals surface area contributed by atoms with Crippen LogP contribution < -0.4 is 10.2 Å². The van der Waals surface area contributed by atoms with Gasteiger partial charge < -0.3 is 10.2 Å². The fourth-order valence-corrected chi connectivity index (χ4v) is 5.05. The van der Waals surface area contributed by atoms with E-state index in [0.717, 1.165) is 40.6 Å². The number of hydrazone groups is 1. The van der Waals surface area contributed by atoms with Crippen molar-refractivity contribution in [1.29, 1.82) is 0 Å². The van der Waals surface area contributed by atoms with Crippen LogP contribution in [-0.4, -0.2) is 34.4 Å². The van der Waals surface area contributed by atoms with Gasteiger partial charge in [0.2, 0.25) is 16.7 Å². The highest BCUT2D eigenvalue weighted by molar-refractivity contribution is 8.15. The molecule has 3 amide bonds. The maximum atomic E-state index is 13.7. The Bertz CT molecular complexity index is 896. The summed E-state index contributed by atoms with van der Waals surface area (Å²) in [7, 11) is 0. The molecular formula is C20H26N4O3S. The van der Waals surface area contributed by atoms with Crippen LogP contribution in [0, 0.1) is 19.8 Å². The molecule has 0 fully saturated rings. The number of amides is 3. The number of carbonyl (C=O) groups excluding carboxylic acids is 3. The van der Waals surface area contributed by atoms with E-state index in [0.29, 0.717) is 12.5 Å². The number of anilines is 1. The van der Waals surface area contributed by atoms with Gasteiger partial charge in [-0.25, -0.2) is 0 Å². The highest BCUT2D eigenvalue weighted by atomic mass is 32.2. The molecule has 3 rings (SSSR count). The van der Waals surface area contributed by atoms with Crippen LogP contribution in [0.3, 0.4) is 0 Å². The first-order valence-corrected chi connectivity index (χ1v) is 10.2. The van der Waals surface area contributed by atoms with Crippen LogP contribution in [0.4, 0.5) is 5.69 Å². The van der Waals surface area contributed by atoms with E-state index in [2.05, 4.69) is 24.3 Å². The molecule has 1 aromatic carbocycles. The van der Waals surface area contributed by atoms with Gasteiger partial charge in [0.25, 0.3) is 5.91 Å². The maximum Gasteiger partial charge on any atom is 0.270 e. The molecule has 0 saturated heterocycles. The number of nitrogens with zero attached hydrogens (tertiary/aromatic N) is 3. The Labute approximate surface area is 169 Å². The molecule has 1 atom stereocenters. The summed E-state index contributed by atoms with van der Waals surface area (Å²) in [6.45, 7) is 11.5.